The minimum atomic E-state index is -0.556. The predicted molar refractivity (Wildman–Crippen MR) is 93.3 cm³/mol. The molecule has 9 heteroatoms. The highest BCUT2D eigenvalue weighted by Gasteiger charge is 2.13. The maximum absolute atomic E-state index is 12.0. The molecule has 0 fully saturated rings. The number of halogens is 1. The number of nitro benzene ring substituents is 1. The van der Waals surface area contributed by atoms with Crippen molar-refractivity contribution in [1.29, 1.82) is 0 Å². The Hall–Kier alpha value is -2.94. The Morgan fingerprint density at radius 2 is 2.08 bits per heavy atom. The number of nitro groups is 1. The monoisotopic (exact) mass is 408 g/mol. The van der Waals surface area contributed by atoms with Crippen molar-refractivity contribution in [2.75, 3.05) is 19.0 Å². The van der Waals surface area contributed by atoms with Crippen LogP contribution in [0, 0.1) is 10.1 Å². The smallest absolute Gasteiger partial charge is 0.271 e. The van der Waals surface area contributed by atoms with E-state index in [1.165, 1.54) is 37.4 Å². The highest BCUT2D eigenvalue weighted by Crippen LogP contribution is 2.32. The van der Waals surface area contributed by atoms with E-state index in [9.17, 15) is 19.7 Å². The maximum Gasteiger partial charge on any atom is 0.271 e. The molecule has 0 radical (unpaired) electrons. The van der Waals surface area contributed by atoms with Crippen LogP contribution in [0.25, 0.3) is 0 Å². The van der Waals surface area contributed by atoms with Gasteiger partial charge in [0, 0.05) is 27.9 Å². The van der Waals surface area contributed by atoms with Crippen molar-refractivity contribution < 1.29 is 24.0 Å². The number of nitrogens with one attached hydrogen (secondary N) is 1. The van der Waals surface area contributed by atoms with E-state index < -0.39 is 10.8 Å². The molecule has 1 amide bonds. The largest absolute Gasteiger partial charge is 0.493 e. The summed E-state index contributed by atoms with van der Waals surface area (Å²) in [6, 6.07) is 8.54. The van der Waals surface area contributed by atoms with Crippen molar-refractivity contribution in [2.45, 2.75) is 0 Å². The molecule has 0 aliphatic rings. The first-order valence-electron chi connectivity index (χ1n) is 6.94. The number of aldehydes is 1. The number of nitrogens with zero attached hydrogens (tertiary/aromatic N) is 1. The van der Waals surface area contributed by atoms with Crippen LogP contribution in [-0.4, -0.2) is 30.8 Å². The van der Waals surface area contributed by atoms with Crippen LogP contribution in [0.15, 0.2) is 40.9 Å². The summed E-state index contributed by atoms with van der Waals surface area (Å²) in [7, 11) is 1.43. The lowest BCUT2D eigenvalue weighted by molar-refractivity contribution is -0.384. The number of methoxy groups -OCH3 is 1. The van der Waals surface area contributed by atoms with Crippen LogP contribution in [0.2, 0.25) is 0 Å². The average molecular weight is 409 g/mol. The highest BCUT2D eigenvalue weighted by molar-refractivity contribution is 9.10. The second-order valence-corrected chi connectivity index (χ2v) is 5.64. The van der Waals surface area contributed by atoms with Gasteiger partial charge >= 0.3 is 0 Å². The normalized spacial score (nSPS) is 10.0. The van der Waals surface area contributed by atoms with Gasteiger partial charge in [-0.3, -0.25) is 19.7 Å². The van der Waals surface area contributed by atoms with E-state index in [0.29, 0.717) is 22.1 Å². The van der Waals surface area contributed by atoms with Gasteiger partial charge in [-0.1, -0.05) is 6.07 Å². The Labute approximate surface area is 151 Å². The summed E-state index contributed by atoms with van der Waals surface area (Å²) < 4.78 is 11.1. The SMILES string of the molecule is COc1cc(Br)c(C=O)cc1OCC(=O)Nc1cccc([N+](=O)[O-])c1. The van der Waals surface area contributed by atoms with Gasteiger partial charge in [0.15, 0.2) is 24.4 Å². The lowest BCUT2D eigenvalue weighted by atomic mass is 10.2. The first kappa shape index (κ1) is 18.4. The summed E-state index contributed by atoms with van der Waals surface area (Å²) in [6.45, 7) is -0.362. The number of anilines is 1. The van der Waals surface area contributed by atoms with Gasteiger partial charge in [0.2, 0.25) is 0 Å². The van der Waals surface area contributed by atoms with E-state index in [4.69, 9.17) is 9.47 Å². The van der Waals surface area contributed by atoms with Gasteiger partial charge in [-0.15, -0.1) is 0 Å². The zero-order chi connectivity index (χ0) is 18.4. The summed E-state index contributed by atoms with van der Waals surface area (Å²) in [6.07, 6.45) is 0.638. The zero-order valence-electron chi connectivity index (χ0n) is 13.0. The van der Waals surface area contributed by atoms with Crippen LogP contribution >= 0.6 is 15.9 Å². The fourth-order valence-electron chi connectivity index (χ4n) is 1.95. The van der Waals surface area contributed by atoms with Gasteiger partial charge in [-0.05, 0) is 34.1 Å². The molecule has 2 aromatic carbocycles. The maximum atomic E-state index is 12.0. The van der Waals surface area contributed by atoms with Gasteiger partial charge in [0.25, 0.3) is 11.6 Å². The number of carbonyl (C=O) groups is 2. The fraction of sp³-hybridized carbons (Fsp3) is 0.125. The minimum absolute atomic E-state index is 0.135. The molecule has 0 bridgehead atoms. The van der Waals surface area contributed by atoms with Gasteiger partial charge in [-0.25, -0.2) is 0 Å². The lowest BCUT2D eigenvalue weighted by Crippen LogP contribution is -2.20. The van der Waals surface area contributed by atoms with E-state index in [-0.39, 0.29) is 23.7 Å². The van der Waals surface area contributed by atoms with E-state index >= 15 is 0 Å². The molecule has 0 saturated heterocycles. The zero-order valence-corrected chi connectivity index (χ0v) is 14.6. The van der Waals surface area contributed by atoms with Gasteiger partial charge in [0.1, 0.15) is 0 Å². The van der Waals surface area contributed by atoms with Gasteiger partial charge in [0.05, 0.1) is 12.0 Å². The first-order valence-corrected chi connectivity index (χ1v) is 7.73. The molecular weight excluding hydrogens is 396 g/mol. The van der Waals surface area contributed by atoms with Crippen LogP contribution in [0.5, 0.6) is 11.5 Å². The molecule has 0 atom stereocenters. The predicted octanol–water partition coefficient (Wildman–Crippen LogP) is 3.20. The van der Waals surface area contributed by atoms with Crippen molar-refractivity contribution in [2.24, 2.45) is 0 Å². The van der Waals surface area contributed by atoms with E-state index in [1.54, 1.807) is 6.07 Å². The molecule has 0 aromatic heterocycles. The van der Waals surface area contributed by atoms with Crippen molar-refractivity contribution in [3.63, 3.8) is 0 Å². The molecule has 0 spiro atoms. The number of hydrogen-bond acceptors (Lipinski definition) is 6. The lowest BCUT2D eigenvalue weighted by Gasteiger charge is -2.12. The summed E-state index contributed by atoms with van der Waals surface area (Å²) in [5, 5.41) is 13.2. The average Bonchev–Trinajstić information content (AvgIpc) is 2.60. The molecule has 130 valence electrons. The molecular formula is C16H13BrN2O6. The van der Waals surface area contributed by atoms with Crippen LogP contribution < -0.4 is 14.8 Å². The Morgan fingerprint density at radius 3 is 2.72 bits per heavy atom. The van der Waals surface area contributed by atoms with Crippen molar-refractivity contribution in [3.8, 4) is 11.5 Å². The molecule has 0 saturated carbocycles. The summed E-state index contributed by atoms with van der Waals surface area (Å²) >= 11 is 3.22. The molecule has 0 heterocycles. The number of carbonyl (C=O) groups excluding carboxylic acids is 2. The third kappa shape index (κ3) is 4.77. The number of benzene rings is 2. The molecule has 25 heavy (non-hydrogen) atoms. The molecule has 0 aliphatic carbocycles. The van der Waals surface area contributed by atoms with Crippen LogP contribution in [-0.2, 0) is 4.79 Å². The van der Waals surface area contributed by atoms with Crippen LogP contribution in [0.3, 0.4) is 0 Å². The number of amides is 1. The summed E-state index contributed by atoms with van der Waals surface area (Å²) in [4.78, 5) is 33.1. The molecule has 0 unspecified atom stereocenters. The fourth-order valence-corrected chi connectivity index (χ4v) is 2.37. The summed E-state index contributed by atoms with van der Waals surface area (Å²) in [5.74, 6) is 0.0562. The van der Waals surface area contributed by atoms with Gasteiger partial charge < -0.3 is 14.8 Å². The Kier molecular flexibility index (Phi) is 6.07. The molecule has 1 N–H and O–H groups in total. The Bertz CT molecular complexity index is 824. The molecule has 0 aliphatic heterocycles. The number of rotatable bonds is 7. The third-order valence-corrected chi connectivity index (χ3v) is 3.80. The highest BCUT2D eigenvalue weighted by atomic mass is 79.9. The Balaban J connectivity index is 2.06. The van der Waals surface area contributed by atoms with Crippen LogP contribution in [0.4, 0.5) is 11.4 Å². The van der Waals surface area contributed by atoms with Crippen molar-refractivity contribution in [3.05, 3.63) is 56.5 Å². The molecule has 8 nitrogen and oxygen atoms in total. The minimum Gasteiger partial charge on any atom is -0.493 e. The number of hydrogen-bond donors (Lipinski definition) is 1. The second kappa shape index (κ2) is 8.25. The van der Waals surface area contributed by atoms with E-state index in [2.05, 4.69) is 21.2 Å². The van der Waals surface area contributed by atoms with E-state index in [0.717, 1.165) is 0 Å². The number of non-ortho nitro benzene ring substituents is 1. The third-order valence-electron chi connectivity index (χ3n) is 3.11. The molecule has 2 rings (SSSR count). The van der Waals surface area contributed by atoms with Crippen molar-refractivity contribution >= 4 is 39.5 Å². The van der Waals surface area contributed by atoms with Crippen LogP contribution in [0.1, 0.15) is 10.4 Å². The first-order chi connectivity index (χ1) is 11.9. The second-order valence-electron chi connectivity index (χ2n) is 4.79. The van der Waals surface area contributed by atoms with Gasteiger partial charge in [-0.2, -0.15) is 0 Å². The topological polar surface area (TPSA) is 108 Å². The van der Waals surface area contributed by atoms with E-state index in [1.807, 2.05) is 0 Å². The quantitative estimate of drug-likeness (QED) is 0.428. The molecule has 2 aromatic rings. The summed E-state index contributed by atoms with van der Waals surface area (Å²) in [5.41, 5.74) is 0.484. The standard InChI is InChI=1S/C16H13BrN2O6/c1-24-14-7-13(17)10(8-20)5-15(14)25-9-16(21)18-11-3-2-4-12(6-11)19(22)23/h2-8H,9H2,1H3,(H,18,21). The number of ether oxygens (including phenoxy) is 2. The van der Waals surface area contributed by atoms with Crippen molar-refractivity contribution in [1.82, 2.24) is 0 Å². The Morgan fingerprint density at radius 1 is 1.32 bits per heavy atom.